The summed E-state index contributed by atoms with van der Waals surface area (Å²) in [6.07, 6.45) is 0.704. The predicted octanol–water partition coefficient (Wildman–Crippen LogP) is 0.455. The van der Waals surface area contributed by atoms with Crippen LogP contribution in [0.1, 0.15) is 13.3 Å². The van der Waals surface area contributed by atoms with E-state index in [9.17, 15) is 5.11 Å². The molecule has 1 aromatic heterocycles. The molecule has 1 aromatic rings. The van der Waals surface area contributed by atoms with Gasteiger partial charge in [-0.1, -0.05) is 0 Å². The number of nitrogens with zero attached hydrogens (tertiary/aromatic N) is 3. The molecule has 1 N–H and O–H groups in total. The second-order valence-electron chi connectivity index (χ2n) is 4.42. The number of rotatable bonds is 3. The van der Waals surface area contributed by atoms with Crippen molar-refractivity contribution in [1.29, 1.82) is 0 Å². The first-order valence-corrected chi connectivity index (χ1v) is 5.48. The topological polar surface area (TPSA) is 67.7 Å². The largest absolute Gasteiger partial charge is 0.481 e. The summed E-state index contributed by atoms with van der Waals surface area (Å²) in [6.45, 7) is 3.05. The standard InChI is InChI=1S/C11H17N3O3/c1-11(15)4-5-14(7-11)10-12-8(16-2)6-9(13-10)17-3/h6,15H,4-5,7H2,1-3H3. The molecule has 0 aliphatic carbocycles. The Labute approximate surface area is 100 Å². The first-order valence-electron chi connectivity index (χ1n) is 5.48. The van der Waals surface area contributed by atoms with Crippen LogP contribution in [0.5, 0.6) is 11.8 Å². The number of aromatic nitrogens is 2. The van der Waals surface area contributed by atoms with E-state index in [0.29, 0.717) is 30.7 Å². The third-order valence-electron chi connectivity index (χ3n) is 2.82. The van der Waals surface area contributed by atoms with Crippen molar-refractivity contribution in [2.45, 2.75) is 18.9 Å². The molecule has 2 heterocycles. The lowest BCUT2D eigenvalue weighted by atomic mass is 10.1. The van der Waals surface area contributed by atoms with Crippen LogP contribution < -0.4 is 14.4 Å². The van der Waals surface area contributed by atoms with Gasteiger partial charge in [-0.15, -0.1) is 0 Å². The van der Waals surface area contributed by atoms with Gasteiger partial charge in [0.25, 0.3) is 0 Å². The zero-order valence-corrected chi connectivity index (χ0v) is 10.3. The molecular weight excluding hydrogens is 222 g/mol. The SMILES string of the molecule is COc1cc(OC)nc(N2CCC(C)(O)C2)n1. The number of anilines is 1. The summed E-state index contributed by atoms with van der Waals surface area (Å²) in [6, 6.07) is 1.62. The van der Waals surface area contributed by atoms with E-state index >= 15 is 0 Å². The smallest absolute Gasteiger partial charge is 0.232 e. The van der Waals surface area contributed by atoms with Crippen LogP contribution in [-0.2, 0) is 0 Å². The summed E-state index contributed by atoms with van der Waals surface area (Å²) in [5, 5.41) is 9.92. The quantitative estimate of drug-likeness (QED) is 0.826. The maximum Gasteiger partial charge on any atom is 0.232 e. The Morgan fingerprint density at radius 1 is 1.29 bits per heavy atom. The summed E-state index contributed by atoms with van der Waals surface area (Å²) >= 11 is 0. The number of hydrogen-bond acceptors (Lipinski definition) is 6. The van der Waals surface area contributed by atoms with E-state index in [0.717, 1.165) is 6.54 Å². The summed E-state index contributed by atoms with van der Waals surface area (Å²) in [5.41, 5.74) is -0.681. The van der Waals surface area contributed by atoms with Crippen molar-refractivity contribution in [1.82, 2.24) is 9.97 Å². The number of β-amino-alcohol motifs (C(OH)–C–C–N with tert-alkyl or cyclic N) is 1. The molecule has 0 amide bonds. The lowest BCUT2D eigenvalue weighted by Gasteiger charge is -2.19. The van der Waals surface area contributed by atoms with Crippen molar-refractivity contribution in [3.63, 3.8) is 0 Å². The normalized spacial score (nSPS) is 23.9. The van der Waals surface area contributed by atoms with Gasteiger partial charge in [0.1, 0.15) is 0 Å². The number of hydrogen-bond donors (Lipinski definition) is 1. The van der Waals surface area contributed by atoms with Crippen molar-refractivity contribution in [2.75, 3.05) is 32.2 Å². The summed E-state index contributed by atoms with van der Waals surface area (Å²) in [5.74, 6) is 1.44. The number of aliphatic hydroxyl groups is 1. The Hall–Kier alpha value is -1.56. The molecule has 94 valence electrons. The second kappa shape index (κ2) is 4.37. The highest BCUT2D eigenvalue weighted by Gasteiger charge is 2.33. The molecule has 2 rings (SSSR count). The van der Waals surface area contributed by atoms with Crippen molar-refractivity contribution in [3.05, 3.63) is 6.07 Å². The van der Waals surface area contributed by atoms with Gasteiger partial charge in [0.05, 0.1) is 25.9 Å². The molecule has 0 radical (unpaired) electrons. The second-order valence-corrected chi connectivity index (χ2v) is 4.42. The lowest BCUT2D eigenvalue weighted by molar-refractivity contribution is 0.0838. The highest BCUT2D eigenvalue weighted by molar-refractivity contribution is 5.38. The first kappa shape index (κ1) is 11.9. The molecule has 0 aromatic carbocycles. The van der Waals surface area contributed by atoms with Gasteiger partial charge in [0.15, 0.2) is 0 Å². The number of methoxy groups -OCH3 is 2. The zero-order valence-electron chi connectivity index (χ0n) is 10.3. The molecule has 6 heteroatoms. The average Bonchev–Trinajstić information content (AvgIpc) is 2.69. The van der Waals surface area contributed by atoms with E-state index in [2.05, 4.69) is 9.97 Å². The maximum atomic E-state index is 9.92. The van der Waals surface area contributed by atoms with Gasteiger partial charge < -0.3 is 19.5 Å². The van der Waals surface area contributed by atoms with Crippen LogP contribution in [0.15, 0.2) is 6.07 Å². The van der Waals surface area contributed by atoms with E-state index in [1.807, 2.05) is 11.8 Å². The molecule has 1 aliphatic rings. The van der Waals surface area contributed by atoms with Crippen molar-refractivity contribution in [3.8, 4) is 11.8 Å². The summed E-state index contributed by atoms with van der Waals surface area (Å²) in [7, 11) is 3.09. The van der Waals surface area contributed by atoms with Crippen LogP contribution in [-0.4, -0.2) is 48.0 Å². The van der Waals surface area contributed by atoms with Crippen LogP contribution in [0.4, 0.5) is 5.95 Å². The molecule has 0 saturated carbocycles. The van der Waals surface area contributed by atoms with Gasteiger partial charge >= 0.3 is 0 Å². The zero-order chi connectivity index (χ0) is 12.5. The average molecular weight is 239 g/mol. The fraction of sp³-hybridized carbons (Fsp3) is 0.636. The Bertz CT molecular complexity index is 387. The molecule has 1 atom stereocenters. The van der Waals surface area contributed by atoms with Gasteiger partial charge in [-0.2, -0.15) is 9.97 Å². The lowest BCUT2D eigenvalue weighted by Crippen LogP contribution is -2.30. The third kappa shape index (κ3) is 2.58. The van der Waals surface area contributed by atoms with E-state index in [1.165, 1.54) is 0 Å². The maximum absolute atomic E-state index is 9.92. The van der Waals surface area contributed by atoms with E-state index < -0.39 is 5.60 Å². The molecule has 0 spiro atoms. The van der Waals surface area contributed by atoms with Crippen molar-refractivity contribution < 1.29 is 14.6 Å². The molecule has 17 heavy (non-hydrogen) atoms. The van der Waals surface area contributed by atoms with Gasteiger partial charge in [0.2, 0.25) is 17.7 Å². The highest BCUT2D eigenvalue weighted by Crippen LogP contribution is 2.26. The van der Waals surface area contributed by atoms with Gasteiger partial charge in [-0.05, 0) is 13.3 Å². The Morgan fingerprint density at radius 2 is 1.88 bits per heavy atom. The third-order valence-corrected chi connectivity index (χ3v) is 2.82. The first-order chi connectivity index (χ1) is 8.04. The van der Waals surface area contributed by atoms with Crippen molar-refractivity contribution in [2.24, 2.45) is 0 Å². The van der Waals surface area contributed by atoms with Crippen LogP contribution in [0.2, 0.25) is 0 Å². The van der Waals surface area contributed by atoms with Crippen molar-refractivity contribution >= 4 is 5.95 Å². The molecular formula is C11H17N3O3. The molecule has 0 bridgehead atoms. The summed E-state index contributed by atoms with van der Waals surface area (Å²) in [4.78, 5) is 10.4. The molecule has 1 fully saturated rings. The van der Waals surface area contributed by atoms with Gasteiger partial charge in [0, 0.05) is 13.1 Å². The summed E-state index contributed by atoms with van der Waals surface area (Å²) < 4.78 is 10.2. The van der Waals surface area contributed by atoms with E-state index in [-0.39, 0.29) is 0 Å². The molecule has 1 aliphatic heterocycles. The highest BCUT2D eigenvalue weighted by atomic mass is 16.5. The van der Waals surface area contributed by atoms with Gasteiger partial charge in [-0.25, -0.2) is 0 Å². The molecule has 1 saturated heterocycles. The van der Waals surface area contributed by atoms with E-state index in [4.69, 9.17) is 9.47 Å². The minimum Gasteiger partial charge on any atom is -0.481 e. The minimum absolute atomic E-state index is 0.457. The fourth-order valence-electron chi connectivity index (χ4n) is 1.86. The van der Waals surface area contributed by atoms with Crippen LogP contribution in [0.25, 0.3) is 0 Å². The van der Waals surface area contributed by atoms with E-state index in [1.54, 1.807) is 20.3 Å². The number of ether oxygens (including phenoxy) is 2. The van der Waals surface area contributed by atoms with Crippen LogP contribution in [0.3, 0.4) is 0 Å². The minimum atomic E-state index is -0.681. The fourth-order valence-corrected chi connectivity index (χ4v) is 1.86. The predicted molar refractivity (Wildman–Crippen MR) is 62.6 cm³/mol. The Kier molecular flexibility index (Phi) is 3.06. The Morgan fingerprint density at radius 3 is 2.29 bits per heavy atom. The van der Waals surface area contributed by atoms with Gasteiger partial charge in [-0.3, -0.25) is 0 Å². The monoisotopic (exact) mass is 239 g/mol. The van der Waals surface area contributed by atoms with Crippen LogP contribution >= 0.6 is 0 Å². The molecule has 6 nitrogen and oxygen atoms in total. The van der Waals surface area contributed by atoms with Crippen LogP contribution in [0, 0.1) is 0 Å². The molecule has 1 unspecified atom stereocenters. The Balaban J connectivity index is 2.26.